The Bertz CT molecular complexity index is 207. The fourth-order valence-corrected chi connectivity index (χ4v) is 2.36. The van der Waals surface area contributed by atoms with Gasteiger partial charge in [-0.25, -0.2) is 4.79 Å². The first-order chi connectivity index (χ1) is 6.31. The van der Waals surface area contributed by atoms with Crippen LogP contribution in [0.5, 0.6) is 0 Å². The molecule has 1 heterocycles. The van der Waals surface area contributed by atoms with Crippen molar-refractivity contribution in [2.24, 2.45) is 5.92 Å². The highest BCUT2D eigenvalue weighted by Crippen LogP contribution is 2.37. The van der Waals surface area contributed by atoms with Gasteiger partial charge < -0.3 is 14.7 Å². The second-order valence-electron chi connectivity index (χ2n) is 3.82. The van der Waals surface area contributed by atoms with Crippen molar-refractivity contribution in [3.63, 3.8) is 0 Å². The van der Waals surface area contributed by atoms with Crippen molar-refractivity contribution in [2.45, 2.75) is 25.3 Å². The summed E-state index contributed by atoms with van der Waals surface area (Å²) in [4.78, 5) is 13.2. The van der Waals surface area contributed by atoms with Crippen LogP contribution in [0.4, 0.5) is 4.79 Å². The van der Waals surface area contributed by atoms with Crippen molar-refractivity contribution in [2.75, 3.05) is 19.8 Å². The van der Waals surface area contributed by atoms with Gasteiger partial charge in [0.15, 0.2) is 0 Å². The Kier molecular flexibility index (Phi) is 2.40. The van der Waals surface area contributed by atoms with E-state index in [1.54, 1.807) is 0 Å². The first-order valence-electron chi connectivity index (χ1n) is 4.85. The van der Waals surface area contributed by atoms with Crippen molar-refractivity contribution < 1.29 is 14.6 Å². The average Bonchev–Trinajstić information content (AvgIpc) is 2.74. The zero-order chi connectivity index (χ0) is 9.26. The third kappa shape index (κ3) is 1.63. The summed E-state index contributed by atoms with van der Waals surface area (Å²) in [6.45, 7) is 0.884. The fourth-order valence-electron chi connectivity index (χ4n) is 2.36. The highest BCUT2D eigenvalue weighted by Gasteiger charge is 2.40. The Hall–Kier alpha value is -0.770. The minimum atomic E-state index is -0.249. The molecule has 1 saturated heterocycles. The summed E-state index contributed by atoms with van der Waals surface area (Å²) in [6, 6.07) is 0.413. The van der Waals surface area contributed by atoms with Crippen LogP contribution in [0.3, 0.4) is 0 Å². The predicted molar refractivity (Wildman–Crippen MR) is 46.3 cm³/mol. The van der Waals surface area contributed by atoms with Crippen LogP contribution in [0.1, 0.15) is 19.3 Å². The average molecular weight is 185 g/mol. The van der Waals surface area contributed by atoms with Crippen LogP contribution in [0.2, 0.25) is 0 Å². The number of hydrogen-bond acceptors (Lipinski definition) is 3. The smallest absolute Gasteiger partial charge is 0.410 e. The van der Waals surface area contributed by atoms with Crippen LogP contribution in [0, 0.1) is 5.92 Å². The summed E-state index contributed by atoms with van der Waals surface area (Å²) in [7, 11) is 0. The summed E-state index contributed by atoms with van der Waals surface area (Å²) < 4.78 is 4.86. The first kappa shape index (κ1) is 8.81. The number of fused-ring (bicyclic) bond motifs is 2. The molecule has 0 aromatic rings. The number of nitrogens with zero attached hydrogens (tertiary/aromatic N) is 1. The molecule has 2 bridgehead atoms. The molecule has 4 heteroatoms. The molecule has 1 N–H and O–H groups in total. The van der Waals surface area contributed by atoms with Gasteiger partial charge in [-0.1, -0.05) is 0 Å². The molecule has 4 nitrogen and oxygen atoms in total. The summed E-state index contributed by atoms with van der Waals surface area (Å²) >= 11 is 0. The fraction of sp³-hybridized carbons (Fsp3) is 0.889. The van der Waals surface area contributed by atoms with E-state index >= 15 is 0 Å². The maximum Gasteiger partial charge on any atom is 0.410 e. The summed E-state index contributed by atoms with van der Waals surface area (Å²) in [5.41, 5.74) is 0. The number of aliphatic hydroxyl groups excluding tert-OH is 1. The van der Waals surface area contributed by atoms with E-state index in [1.165, 1.54) is 6.42 Å². The lowest BCUT2D eigenvalue weighted by molar-refractivity contribution is 0.0752. The molecule has 2 atom stereocenters. The molecule has 0 radical (unpaired) electrons. The van der Waals surface area contributed by atoms with E-state index in [-0.39, 0.29) is 19.3 Å². The van der Waals surface area contributed by atoms with Crippen LogP contribution in [-0.4, -0.2) is 41.9 Å². The third-order valence-corrected chi connectivity index (χ3v) is 2.96. The minimum Gasteiger partial charge on any atom is -0.447 e. The van der Waals surface area contributed by atoms with Gasteiger partial charge in [0.25, 0.3) is 0 Å². The van der Waals surface area contributed by atoms with Gasteiger partial charge in [-0.2, -0.15) is 0 Å². The van der Waals surface area contributed by atoms with E-state index in [0.717, 1.165) is 19.4 Å². The molecule has 2 unspecified atom stereocenters. The van der Waals surface area contributed by atoms with Gasteiger partial charge in [-0.3, -0.25) is 0 Å². The highest BCUT2D eigenvalue weighted by atomic mass is 16.6. The molecular formula is C9H15NO3. The van der Waals surface area contributed by atoms with Crippen LogP contribution < -0.4 is 0 Å². The topological polar surface area (TPSA) is 49.8 Å². The lowest BCUT2D eigenvalue weighted by Crippen LogP contribution is -2.38. The molecule has 1 amide bonds. The molecule has 1 aliphatic carbocycles. The summed E-state index contributed by atoms with van der Waals surface area (Å²) in [5.74, 6) is 0.701. The molecule has 2 fully saturated rings. The van der Waals surface area contributed by atoms with E-state index in [1.807, 2.05) is 4.90 Å². The predicted octanol–water partition coefficient (Wildman–Crippen LogP) is 0.600. The molecule has 13 heavy (non-hydrogen) atoms. The van der Waals surface area contributed by atoms with Crippen LogP contribution in [-0.2, 0) is 4.74 Å². The largest absolute Gasteiger partial charge is 0.447 e. The van der Waals surface area contributed by atoms with E-state index in [2.05, 4.69) is 0 Å². The number of hydrogen-bond donors (Lipinski definition) is 1. The van der Waals surface area contributed by atoms with Gasteiger partial charge in [0.1, 0.15) is 6.61 Å². The van der Waals surface area contributed by atoms with Crippen molar-refractivity contribution in [3.8, 4) is 0 Å². The van der Waals surface area contributed by atoms with Crippen molar-refractivity contribution in [1.82, 2.24) is 4.90 Å². The first-order valence-corrected chi connectivity index (χ1v) is 4.85. The molecule has 2 aliphatic rings. The van der Waals surface area contributed by atoms with Crippen molar-refractivity contribution >= 4 is 6.09 Å². The Balaban J connectivity index is 1.84. The number of carbonyl (C=O) groups is 1. The number of likely N-dealkylation sites (tertiary alicyclic amines) is 1. The molecule has 0 aromatic carbocycles. The monoisotopic (exact) mass is 185 g/mol. The van der Waals surface area contributed by atoms with Crippen LogP contribution >= 0.6 is 0 Å². The Labute approximate surface area is 77.5 Å². The van der Waals surface area contributed by atoms with Gasteiger partial charge in [-0.15, -0.1) is 0 Å². The van der Waals surface area contributed by atoms with E-state index in [9.17, 15) is 4.79 Å². The quantitative estimate of drug-likeness (QED) is 0.685. The number of piperidine rings is 1. The lowest BCUT2D eigenvalue weighted by atomic mass is 10.1. The van der Waals surface area contributed by atoms with Crippen LogP contribution in [0.25, 0.3) is 0 Å². The summed E-state index contributed by atoms with van der Waals surface area (Å²) in [6.07, 6.45) is 3.28. The zero-order valence-corrected chi connectivity index (χ0v) is 7.61. The Morgan fingerprint density at radius 3 is 2.92 bits per heavy atom. The molecular weight excluding hydrogens is 170 g/mol. The third-order valence-electron chi connectivity index (χ3n) is 2.96. The number of ether oxygens (including phenoxy) is 1. The maximum atomic E-state index is 11.4. The zero-order valence-electron chi connectivity index (χ0n) is 7.61. The van der Waals surface area contributed by atoms with Gasteiger partial charge in [0.2, 0.25) is 0 Å². The molecule has 0 aromatic heterocycles. The standard InChI is InChI=1S/C9H15NO3/c11-3-4-13-9(12)10-6-7-1-2-8(10)5-7/h7-8,11H,1-6H2. The number of aliphatic hydroxyl groups is 1. The number of rotatable bonds is 2. The van der Waals surface area contributed by atoms with E-state index < -0.39 is 0 Å². The van der Waals surface area contributed by atoms with E-state index in [0.29, 0.717) is 12.0 Å². The van der Waals surface area contributed by atoms with Crippen molar-refractivity contribution in [1.29, 1.82) is 0 Å². The summed E-state index contributed by atoms with van der Waals surface area (Å²) in [5, 5.41) is 8.49. The Morgan fingerprint density at radius 2 is 2.38 bits per heavy atom. The molecule has 2 rings (SSSR count). The molecule has 1 saturated carbocycles. The normalized spacial score (nSPS) is 31.0. The molecule has 0 spiro atoms. The van der Waals surface area contributed by atoms with Gasteiger partial charge >= 0.3 is 6.09 Å². The second-order valence-corrected chi connectivity index (χ2v) is 3.82. The molecule has 1 aliphatic heterocycles. The maximum absolute atomic E-state index is 11.4. The van der Waals surface area contributed by atoms with Crippen molar-refractivity contribution in [3.05, 3.63) is 0 Å². The minimum absolute atomic E-state index is 0.0896. The van der Waals surface area contributed by atoms with Gasteiger partial charge in [0, 0.05) is 12.6 Å². The highest BCUT2D eigenvalue weighted by molar-refractivity contribution is 5.68. The van der Waals surface area contributed by atoms with Gasteiger partial charge in [-0.05, 0) is 25.2 Å². The number of carbonyl (C=O) groups excluding carboxylic acids is 1. The lowest BCUT2D eigenvalue weighted by Gasteiger charge is -2.25. The second kappa shape index (κ2) is 3.54. The molecule has 74 valence electrons. The Morgan fingerprint density at radius 1 is 1.54 bits per heavy atom. The van der Waals surface area contributed by atoms with Gasteiger partial charge in [0.05, 0.1) is 6.61 Å². The van der Waals surface area contributed by atoms with E-state index in [4.69, 9.17) is 9.84 Å². The van der Waals surface area contributed by atoms with Crippen LogP contribution in [0.15, 0.2) is 0 Å². The SMILES string of the molecule is O=C(OCCO)N1CC2CCC1C2. The number of amides is 1.